The zero-order valence-corrected chi connectivity index (χ0v) is 15.2. The molecule has 0 spiro atoms. The molecule has 1 saturated carbocycles. The smallest absolute Gasteiger partial charge is 0.258 e. The standard InChI is InChI=1S/C22H25N3O/c1-2-5-16-10-12-18(13-11-16)22-24-21(25-26-22)19-7-3-6-17(14-19)15-23-20-8-4-9-20/h3,6-7,10-14,20,23H,2,4-5,8-9,15H2,1H3. The highest BCUT2D eigenvalue weighted by Crippen LogP contribution is 2.24. The van der Waals surface area contributed by atoms with Crippen LogP contribution in [0.3, 0.4) is 0 Å². The normalized spacial score (nSPS) is 14.3. The molecule has 0 amide bonds. The molecular weight excluding hydrogens is 322 g/mol. The van der Waals surface area contributed by atoms with Gasteiger partial charge in [0.2, 0.25) is 5.82 Å². The monoisotopic (exact) mass is 347 g/mol. The average molecular weight is 347 g/mol. The fraction of sp³-hybridized carbons (Fsp3) is 0.364. The van der Waals surface area contributed by atoms with Gasteiger partial charge in [-0.05, 0) is 48.6 Å². The van der Waals surface area contributed by atoms with Gasteiger partial charge in [-0.1, -0.05) is 55.3 Å². The lowest BCUT2D eigenvalue weighted by Crippen LogP contribution is -2.34. The first kappa shape index (κ1) is 17.0. The van der Waals surface area contributed by atoms with E-state index in [-0.39, 0.29) is 0 Å². The Morgan fingerprint density at radius 1 is 1.04 bits per heavy atom. The van der Waals surface area contributed by atoms with Crippen molar-refractivity contribution in [2.24, 2.45) is 0 Å². The van der Waals surface area contributed by atoms with Crippen LogP contribution < -0.4 is 5.32 Å². The van der Waals surface area contributed by atoms with Crippen molar-refractivity contribution in [1.29, 1.82) is 0 Å². The summed E-state index contributed by atoms with van der Waals surface area (Å²) in [6.07, 6.45) is 6.19. The number of nitrogens with zero attached hydrogens (tertiary/aromatic N) is 2. The summed E-state index contributed by atoms with van der Waals surface area (Å²) in [4.78, 5) is 4.59. The van der Waals surface area contributed by atoms with Crippen molar-refractivity contribution in [3.63, 3.8) is 0 Å². The van der Waals surface area contributed by atoms with Crippen LogP contribution in [0.15, 0.2) is 53.1 Å². The lowest BCUT2D eigenvalue weighted by atomic mass is 9.93. The maximum Gasteiger partial charge on any atom is 0.258 e. The molecule has 0 radical (unpaired) electrons. The van der Waals surface area contributed by atoms with Gasteiger partial charge in [-0.3, -0.25) is 0 Å². The summed E-state index contributed by atoms with van der Waals surface area (Å²) in [6.45, 7) is 3.08. The first-order chi connectivity index (χ1) is 12.8. The van der Waals surface area contributed by atoms with E-state index in [2.05, 4.69) is 64.8 Å². The van der Waals surface area contributed by atoms with Crippen LogP contribution in [0.25, 0.3) is 22.8 Å². The van der Waals surface area contributed by atoms with E-state index >= 15 is 0 Å². The number of hydrogen-bond donors (Lipinski definition) is 1. The predicted molar refractivity (Wildman–Crippen MR) is 104 cm³/mol. The maximum atomic E-state index is 5.49. The van der Waals surface area contributed by atoms with Gasteiger partial charge in [-0.15, -0.1) is 0 Å². The molecule has 3 aromatic rings. The lowest BCUT2D eigenvalue weighted by molar-refractivity contribution is 0.338. The minimum Gasteiger partial charge on any atom is -0.334 e. The molecule has 1 aliphatic carbocycles. The highest BCUT2D eigenvalue weighted by Gasteiger charge is 2.16. The van der Waals surface area contributed by atoms with Crippen molar-refractivity contribution in [1.82, 2.24) is 15.5 Å². The molecule has 0 aliphatic heterocycles. The van der Waals surface area contributed by atoms with Gasteiger partial charge in [0, 0.05) is 23.7 Å². The third-order valence-electron chi connectivity index (χ3n) is 5.05. The van der Waals surface area contributed by atoms with Crippen LogP contribution in [0.2, 0.25) is 0 Å². The summed E-state index contributed by atoms with van der Waals surface area (Å²) in [5.41, 5.74) is 4.55. The molecule has 4 nitrogen and oxygen atoms in total. The molecular formula is C22H25N3O. The third kappa shape index (κ3) is 3.86. The van der Waals surface area contributed by atoms with Crippen molar-refractivity contribution in [3.8, 4) is 22.8 Å². The number of aromatic nitrogens is 2. The van der Waals surface area contributed by atoms with Gasteiger partial charge in [-0.25, -0.2) is 0 Å². The first-order valence-electron chi connectivity index (χ1n) is 9.57. The van der Waals surface area contributed by atoms with Crippen molar-refractivity contribution in [2.75, 3.05) is 0 Å². The maximum absolute atomic E-state index is 5.49. The topological polar surface area (TPSA) is 51.0 Å². The highest BCUT2D eigenvalue weighted by atomic mass is 16.5. The van der Waals surface area contributed by atoms with Gasteiger partial charge >= 0.3 is 0 Å². The Hall–Kier alpha value is -2.46. The van der Waals surface area contributed by atoms with E-state index in [0.29, 0.717) is 17.8 Å². The second kappa shape index (κ2) is 7.83. The van der Waals surface area contributed by atoms with Crippen molar-refractivity contribution >= 4 is 0 Å². The van der Waals surface area contributed by atoms with E-state index in [1.165, 1.54) is 30.4 Å². The van der Waals surface area contributed by atoms with Crippen LogP contribution >= 0.6 is 0 Å². The fourth-order valence-electron chi connectivity index (χ4n) is 3.26. The molecule has 2 aromatic carbocycles. The zero-order valence-electron chi connectivity index (χ0n) is 15.2. The number of rotatable bonds is 7. The molecule has 0 bridgehead atoms. The Morgan fingerprint density at radius 3 is 2.62 bits per heavy atom. The van der Waals surface area contributed by atoms with Gasteiger partial charge in [-0.2, -0.15) is 4.98 Å². The molecule has 0 saturated heterocycles. The molecule has 26 heavy (non-hydrogen) atoms. The van der Waals surface area contributed by atoms with Gasteiger partial charge in [0.15, 0.2) is 0 Å². The quantitative estimate of drug-likeness (QED) is 0.653. The summed E-state index contributed by atoms with van der Waals surface area (Å²) in [5, 5.41) is 7.78. The van der Waals surface area contributed by atoms with E-state index in [0.717, 1.165) is 30.5 Å². The van der Waals surface area contributed by atoms with Crippen LogP contribution in [0.5, 0.6) is 0 Å². The second-order valence-electron chi connectivity index (χ2n) is 7.08. The summed E-state index contributed by atoms with van der Waals surface area (Å²) < 4.78 is 5.49. The van der Waals surface area contributed by atoms with Gasteiger partial charge < -0.3 is 9.84 Å². The Kier molecular flexibility index (Phi) is 5.12. The molecule has 4 rings (SSSR count). The molecule has 0 unspecified atom stereocenters. The number of hydrogen-bond acceptors (Lipinski definition) is 4. The summed E-state index contributed by atoms with van der Waals surface area (Å²) >= 11 is 0. The molecule has 1 fully saturated rings. The molecule has 1 heterocycles. The van der Waals surface area contributed by atoms with E-state index < -0.39 is 0 Å². The first-order valence-corrected chi connectivity index (χ1v) is 9.57. The van der Waals surface area contributed by atoms with Crippen LogP contribution in [0, 0.1) is 0 Å². The molecule has 1 N–H and O–H groups in total. The van der Waals surface area contributed by atoms with Gasteiger partial charge in [0.05, 0.1) is 0 Å². The van der Waals surface area contributed by atoms with E-state index in [1.54, 1.807) is 0 Å². The van der Waals surface area contributed by atoms with Crippen LogP contribution in [-0.4, -0.2) is 16.2 Å². The minimum absolute atomic E-state index is 0.570. The largest absolute Gasteiger partial charge is 0.334 e. The van der Waals surface area contributed by atoms with Gasteiger partial charge in [0.25, 0.3) is 5.89 Å². The number of nitrogens with one attached hydrogen (secondary N) is 1. The second-order valence-corrected chi connectivity index (χ2v) is 7.08. The molecule has 4 heteroatoms. The van der Waals surface area contributed by atoms with Crippen LogP contribution in [0.1, 0.15) is 43.7 Å². The Balaban J connectivity index is 1.48. The van der Waals surface area contributed by atoms with Crippen LogP contribution in [0.4, 0.5) is 0 Å². The minimum atomic E-state index is 0.570. The molecule has 0 atom stereocenters. The van der Waals surface area contributed by atoms with Crippen molar-refractivity contribution in [3.05, 3.63) is 59.7 Å². The molecule has 1 aliphatic rings. The van der Waals surface area contributed by atoms with E-state index in [9.17, 15) is 0 Å². The predicted octanol–water partition coefficient (Wildman–Crippen LogP) is 5.00. The zero-order chi connectivity index (χ0) is 17.8. The van der Waals surface area contributed by atoms with Crippen LogP contribution in [-0.2, 0) is 13.0 Å². The average Bonchev–Trinajstić information content (AvgIpc) is 3.12. The summed E-state index contributed by atoms with van der Waals surface area (Å²) in [5.74, 6) is 1.21. The Labute approximate surface area is 154 Å². The van der Waals surface area contributed by atoms with Crippen molar-refractivity contribution < 1.29 is 4.52 Å². The summed E-state index contributed by atoms with van der Waals surface area (Å²) in [6, 6.07) is 17.4. The Morgan fingerprint density at radius 2 is 1.88 bits per heavy atom. The Bertz CT molecular complexity index is 850. The number of benzene rings is 2. The van der Waals surface area contributed by atoms with Gasteiger partial charge in [0.1, 0.15) is 0 Å². The fourth-order valence-corrected chi connectivity index (χ4v) is 3.26. The third-order valence-corrected chi connectivity index (χ3v) is 5.05. The molecule has 1 aromatic heterocycles. The molecule has 134 valence electrons. The number of aryl methyl sites for hydroxylation is 1. The summed E-state index contributed by atoms with van der Waals surface area (Å²) in [7, 11) is 0. The SMILES string of the molecule is CCCc1ccc(-c2nc(-c3cccc(CNC4CCC4)c3)no2)cc1. The van der Waals surface area contributed by atoms with Crippen molar-refractivity contribution in [2.45, 2.75) is 51.6 Å². The highest BCUT2D eigenvalue weighted by molar-refractivity contribution is 5.60. The lowest BCUT2D eigenvalue weighted by Gasteiger charge is -2.26. The van der Waals surface area contributed by atoms with E-state index in [1.807, 2.05) is 6.07 Å². The van der Waals surface area contributed by atoms with E-state index in [4.69, 9.17) is 4.52 Å².